The van der Waals surface area contributed by atoms with Crippen molar-refractivity contribution in [1.82, 2.24) is 5.32 Å². The molecule has 0 heterocycles. The van der Waals surface area contributed by atoms with Gasteiger partial charge < -0.3 is 5.32 Å². The van der Waals surface area contributed by atoms with Crippen molar-refractivity contribution in [3.8, 4) is 0 Å². The Morgan fingerprint density at radius 1 is 1.32 bits per heavy atom. The molecular weight excluding hydrogens is 322 g/mol. The lowest BCUT2D eigenvalue weighted by Gasteiger charge is -2.32. The Kier molecular flexibility index (Phi) is 6.18. The standard InChI is InChI=1S/C16H23BrClN/c1-2-10-19-16(12-6-4-3-5-7-12)14-11-13(18)8-9-15(14)17/h8-9,11-12,16,19H,2-7,10H2,1H3. The van der Waals surface area contributed by atoms with E-state index in [4.69, 9.17) is 11.6 Å². The van der Waals surface area contributed by atoms with E-state index >= 15 is 0 Å². The van der Waals surface area contributed by atoms with Gasteiger partial charge in [0.1, 0.15) is 0 Å². The summed E-state index contributed by atoms with van der Waals surface area (Å²) in [4.78, 5) is 0. The van der Waals surface area contributed by atoms with Crippen LogP contribution in [0.1, 0.15) is 57.1 Å². The largest absolute Gasteiger partial charge is 0.310 e. The van der Waals surface area contributed by atoms with Gasteiger partial charge >= 0.3 is 0 Å². The first-order valence-corrected chi connectivity index (χ1v) is 8.57. The van der Waals surface area contributed by atoms with Crippen molar-refractivity contribution in [3.05, 3.63) is 33.3 Å². The molecule has 0 aromatic heterocycles. The van der Waals surface area contributed by atoms with Crippen molar-refractivity contribution < 1.29 is 0 Å². The van der Waals surface area contributed by atoms with Gasteiger partial charge in [-0.1, -0.05) is 53.7 Å². The molecule has 1 aliphatic carbocycles. The molecule has 1 unspecified atom stereocenters. The van der Waals surface area contributed by atoms with Gasteiger partial charge in [-0.25, -0.2) is 0 Å². The molecule has 19 heavy (non-hydrogen) atoms. The zero-order chi connectivity index (χ0) is 13.7. The predicted molar refractivity (Wildman–Crippen MR) is 86.8 cm³/mol. The van der Waals surface area contributed by atoms with E-state index in [0.29, 0.717) is 6.04 Å². The molecule has 0 spiro atoms. The van der Waals surface area contributed by atoms with Crippen LogP contribution >= 0.6 is 27.5 Å². The lowest BCUT2D eigenvalue weighted by Crippen LogP contribution is -2.30. The minimum Gasteiger partial charge on any atom is -0.310 e. The fraction of sp³-hybridized carbons (Fsp3) is 0.625. The fourth-order valence-corrected chi connectivity index (χ4v) is 3.72. The summed E-state index contributed by atoms with van der Waals surface area (Å²) >= 11 is 9.88. The van der Waals surface area contributed by atoms with Crippen LogP contribution in [0.5, 0.6) is 0 Å². The quantitative estimate of drug-likeness (QED) is 0.720. The van der Waals surface area contributed by atoms with Crippen LogP contribution in [0.2, 0.25) is 5.02 Å². The molecule has 1 aliphatic rings. The highest BCUT2D eigenvalue weighted by molar-refractivity contribution is 9.10. The van der Waals surface area contributed by atoms with Gasteiger partial charge in [-0.3, -0.25) is 0 Å². The van der Waals surface area contributed by atoms with Crippen molar-refractivity contribution in [2.75, 3.05) is 6.54 Å². The molecule has 1 nitrogen and oxygen atoms in total. The first-order valence-electron chi connectivity index (χ1n) is 7.40. The highest BCUT2D eigenvalue weighted by atomic mass is 79.9. The van der Waals surface area contributed by atoms with Gasteiger partial charge in [-0.2, -0.15) is 0 Å². The average Bonchev–Trinajstić information content (AvgIpc) is 2.44. The van der Waals surface area contributed by atoms with Crippen LogP contribution < -0.4 is 5.32 Å². The second-order valence-corrected chi connectivity index (χ2v) is 6.79. The summed E-state index contributed by atoms with van der Waals surface area (Å²) in [5, 5.41) is 4.57. The molecular formula is C16H23BrClN. The Morgan fingerprint density at radius 3 is 2.74 bits per heavy atom. The second kappa shape index (κ2) is 7.66. The minimum absolute atomic E-state index is 0.438. The van der Waals surface area contributed by atoms with E-state index in [1.807, 2.05) is 6.07 Å². The first-order chi connectivity index (χ1) is 9.22. The van der Waals surface area contributed by atoms with Gasteiger partial charge in [-0.05, 0) is 55.5 Å². The number of hydrogen-bond donors (Lipinski definition) is 1. The van der Waals surface area contributed by atoms with Crippen molar-refractivity contribution >= 4 is 27.5 Å². The van der Waals surface area contributed by atoms with Gasteiger partial charge in [0.2, 0.25) is 0 Å². The van der Waals surface area contributed by atoms with E-state index in [1.165, 1.54) is 48.6 Å². The lowest BCUT2D eigenvalue weighted by atomic mass is 9.81. The average molecular weight is 345 g/mol. The van der Waals surface area contributed by atoms with Crippen LogP contribution in [0, 0.1) is 5.92 Å². The summed E-state index contributed by atoms with van der Waals surface area (Å²) in [5.41, 5.74) is 1.33. The zero-order valence-corrected chi connectivity index (χ0v) is 13.9. The fourth-order valence-electron chi connectivity index (χ4n) is 3.05. The van der Waals surface area contributed by atoms with Crippen molar-refractivity contribution in [2.45, 2.75) is 51.5 Å². The van der Waals surface area contributed by atoms with Gasteiger partial charge in [0.05, 0.1) is 0 Å². The highest BCUT2D eigenvalue weighted by Gasteiger charge is 2.26. The number of hydrogen-bond acceptors (Lipinski definition) is 1. The Balaban J connectivity index is 2.22. The first kappa shape index (κ1) is 15.3. The normalized spacial score (nSPS) is 18.5. The van der Waals surface area contributed by atoms with Crippen molar-refractivity contribution in [1.29, 1.82) is 0 Å². The topological polar surface area (TPSA) is 12.0 Å². The molecule has 1 aromatic carbocycles. The molecule has 1 atom stereocenters. The summed E-state index contributed by atoms with van der Waals surface area (Å²) in [6.45, 7) is 3.29. The van der Waals surface area contributed by atoms with E-state index in [0.717, 1.165) is 17.5 Å². The molecule has 0 radical (unpaired) electrons. The van der Waals surface area contributed by atoms with E-state index in [9.17, 15) is 0 Å². The zero-order valence-electron chi connectivity index (χ0n) is 11.6. The molecule has 0 bridgehead atoms. The molecule has 3 heteroatoms. The summed E-state index contributed by atoms with van der Waals surface area (Å²) < 4.78 is 1.18. The van der Waals surface area contributed by atoms with Crippen molar-refractivity contribution in [2.24, 2.45) is 5.92 Å². The predicted octanol–water partition coefficient (Wildman–Crippen LogP) is 5.72. The van der Waals surface area contributed by atoms with Crippen molar-refractivity contribution in [3.63, 3.8) is 0 Å². The molecule has 106 valence electrons. The minimum atomic E-state index is 0.438. The SMILES string of the molecule is CCCNC(c1cc(Cl)ccc1Br)C1CCCCC1. The van der Waals surface area contributed by atoms with E-state index in [2.05, 4.69) is 40.3 Å². The molecule has 0 saturated heterocycles. The van der Waals surface area contributed by atoms with Crippen LogP contribution in [0.4, 0.5) is 0 Å². The third-order valence-electron chi connectivity index (χ3n) is 4.03. The Hall–Kier alpha value is -0.0500. The Bertz CT molecular complexity index is 402. The van der Waals surface area contributed by atoms with Gasteiger partial charge in [0.15, 0.2) is 0 Å². The third kappa shape index (κ3) is 4.21. The van der Waals surface area contributed by atoms with Gasteiger partial charge in [0, 0.05) is 15.5 Å². The number of halogens is 2. The van der Waals surface area contributed by atoms with E-state index in [1.54, 1.807) is 0 Å². The molecule has 1 fully saturated rings. The monoisotopic (exact) mass is 343 g/mol. The number of nitrogens with one attached hydrogen (secondary N) is 1. The molecule has 1 saturated carbocycles. The van der Waals surface area contributed by atoms with Crippen LogP contribution in [-0.2, 0) is 0 Å². The summed E-state index contributed by atoms with van der Waals surface area (Å²) in [5.74, 6) is 0.745. The third-order valence-corrected chi connectivity index (χ3v) is 4.99. The Labute approximate surface area is 130 Å². The molecule has 0 amide bonds. The van der Waals surface area contributed by atoms with Crippen LogP contribution in [0.25, 0.3) is 0 Å². The molecule has 1 N–H and O–H groups in total. The molecule has 2 rings (SSSR count). The number of rotatable bonds is 5. The maximum atomic E-state index is 6.19. The van der Waals surface area contributed by atoms with Gasteiger partial charge in [-0.15, -0.1) is 0 Å². The smallest absolute Gasteiger partial charge is 0.0410 e. The van der Waals surface area contributed by atoms with E-state index in [-0.39, 0.29) is 0 Å². The summed E-state index contributed by atoms with van der Waals surface area (Å²) in [6, 6.07) is 6.58. The van der Waals surface area contributed by atoms with Crippen LogP contribution in [0.3, 0.4) is 0 Å². The highest BCUT2D eigenvalue weighted by Crippen LogP contribution is 2.38. The maximum absolute atomic E-state index is 6.19. The van der Waals surface area contributed by atoms with Crippen LogP contribution in [-0.4, -0.2) is 6.54 Å². The summed E-state index contributed by atoms with van der Waals surface area (Å²) in [7, 11) is 0. The number of benzene rings is 1. The van der Waals surface area contributed by atoms with Crippen LogP contribution in [0.15, 0.2) is 22.7 Å². The van der Waals surface area contributed by atoms with Gasteiger partial charge in [0.25, 0.3) is 0 Å². The molecule has 0 aliphatic heterocycles. The van der Waals surface area contributed by atoms with E-state index < -0.39 is 0 Å². The maximum Gasteiger partial charge on any atom is 0.0410 e. The Morgan fingerprint density at radius 2 is 2.05 bits per heavy atom. The second-order valence-electron chi connectivity index (χ2n) is 5.50. The summed E-state index contributed by atoms with van der Waals surface area (Å²) in [6.07, 6.45) is 7.97. The lowest BCUT2D eigenvalue weighted by molar-refractivity contribution is 0.271. The molecule has 1 aromatic rings.